The summed E-state index contributed by atoms with van der Waals surface area (Å²) in [5, 5.41) is 3.64. The second kappa shape index (κ2) is 8.64. The first-order valence-corrected chi connectivity index (χ1v) is 11.4. The van der Waals surface area contributed by atoms with Crippen LogP contribution in [0.15, 0.2) is 36.7 Å². The summed E-state index contributed by atoms with van der Waals surface area (Å²) in [4.78, 5) is 19.1. The molecule has 2 aromatic rings. The Morgan fingerprint density at radius 3 is 2.64 bits per heavy atom. The largest absolute Gasteiger partial charge is 0.419 e. The van der Waals surface area contributed by atoms with Gasteiger partial charge in [-0.15, -0.1) is 0 Å². The van der Waals surface area contributed by atoms with Crippen LogP contribution in [-0.2, 0) is 17.5 Å². The average Bonchev–Trinajstić information content (AvgIpc) is 3.55. The van der Waals surface area contributed by atoms with Crippen molar-refractivity contribution in [3.05, 3.63) is 47.8 Å². The molecule has 1 spiro atoms. The van der Waals surface area contributed by atoms with Crippen LogP contribution in [0.1, 0.15) is 24.0 Å². The number of nitrogens with zero attached hydrogens (tertiary/aromatic N) is 5. The van der Waals surface area contributed by atoms with Crippen LogP contribution in [0, 0.1) is 5.41 Å². The monoisotopic (exact) mass is 463 g/mol. The first-order valence-electron chi connectivity index (χ1n) is 11.4. The zero-order valence-corrected chi connectivity index (χ0v) is 18.4. The molecule has 10 heteroatoms. The molecule has 0 radical (unpaired) electrons. The maximum atomic E-state index is 12.8. The van der Waals surface area contributed by atoms with Gasteiger partial charge in [0, 0.05) is 56.6 Å². The topological polar surface area (TPSA) is 53.8 Å². The highest BCUT2D eigenvalue weighted by Gasteiger charge is 2.45. The van der Waals surface area contributed by atoms with Crippen LogP contribution < -0.4 is 4.90 Å². The van der Waals surface area contributed by atoms with E-state index in [0.717, 1.165) is 69.7 Å². The first kappa shape index (κ1) is 22.2. The van der Waals surface area contributed by atoms with Gasteiger partial charge in [-0.1, -0.05) is 12.1 Å². The fourth-order valence-corrected chi connectivity index (χ4v) is 5.24. The van der Waals surface area contributed by atoms with E-state index >= 15 is 0 Å². The Morgan fingerprint density at radius 1 is 1.09 bits per heavy atom. The molecule has 7 nitrogen and oxygen atoms in total. The summed E-state index contributed by atoms with van der Waals surface area (Å²) in [5.74, 6) is 0. The van der Waals surface area contributed by atoms with Crippen molar-refractivity contribution in [2.24, 2.45) is 5.41 Å². The van der Waals surface area contributed by atoms with Gasteiger partial charge in [0.05, 0.1) is 25.0 Å². The fourth-order valence-electron chi connectivity index (χ4n) is 5.24. The molecule has 1 aromatic heterocycles. The number of aromatic nitrogens is 2. The number of halogens is 3. The number of rotatable bonds is 3. The second-order valence-corrected chi connectivity index (χ2v) is 9.36. The third-order valence-corrected chi connectivity index (χ3v) is 7.03. The predicted molar refractivity (Wildman–Crippen MR) is 116 cm³/mol. The molecular weight excluding hydrogens is 435 g/mol. The number of carbonyl (C=O) groups is 1. The molecule has 3 aliphatic rings. The van der Waals surface area contributed by atoms with Gasteiger partial charge in [0.1, 0.15) is 0 Å². The van der Waals surface area contributed by atoms with Crippen molar-refractivity contribution in [2.75, 3.05) is 57.4 Å². The van der Waals surface area contributed by atoms with Crippen LogP contribution in [0.4, 0.5) is 23.7 Å². The van der Waals surface area contributed by atoms with E-state index in [1.54, 1.807) is 4.90 Å². The number of carbonyl (C=O) groups excluding carboxylic acids is 1. The minimum absolute atomic E-state index is 0.00249. The summed E-state index contributed by atoms with van der Waals surface area (Å²) < 4.78 is 44.8. The Morgan fingerprint density at radius 2 is 1.88 bits per heavy atom. The standard InChI is InChI=1S/C23H28F3N5O2/c24-23(25,26)19-13-27-31(15-19)21(32)30-7-5-22(17-30)4-6-28(16-22)14-18-2-1-3-20(12-18)29-8-10-33-11-9-29/h1-3,12-13,15H,4-11,14,16-17H2. The first-order chi connectivity index (χ1) is 15.8. The zero-order chi connectivity index (χ0) is 23.1. The van der Waals surface area contributed by atoms with E-state index in [1.165, 1.54) is 11.3 Å². The summed E-state index contributed by atoms with van der Waals surface area (Å²) in [6.07, 6.45) is -1.19. The normalized spacial score (nSPS) is 24.2. The molecule has 1 unspecified atom stereocenters. The van der Waals surface area contributed by atoms with E-state index in [2.05, 4.69) is 39.2 Å². The number of morpholine rings is 1. The maximum Gasteiger partial charge on any atom is 0.419 e. The van der Waals surface area contributed by atoms with Crippen molar-refractivity contribution >= 4 is 11.7 Å². The third kappa shape index (κ3) is 4.72. The van der Waals surface area contributed by atoms with Crippen molar-refractivity contribution in [3.63, 3.8) is 0 Å². The van der Waals surface area contributed by atoms with Gasteiger partial charge in [0.25, 0.3) is 0 Å². The van der Waals surface area contributed by atoms with Gasteiger partial charge >= 0.3 is 12.2 Å². The molecule has 0 bridgehead atoms. The number of amides is 1. The fraction of sp³-hybridized carbons (Fsp3) is 0.565. The Kier molecular flexibility index (Phi) is 5.82. The minimum Gasteiger partial charge on any atom is -0.378 e. The Hall–Kier alpha value is -2.59. The number of ether oxygens (including phenoxy) is 1. The highest BCUT2D eigenvalue weighted by molar-refractivity contribution is 5.76. The third-order valence-electron chi connectivity index (χ3n) is 7.03. The van der Waals surface area contributed by atoms with E-state index in [9.17, 15) is 18.0 Å². The van der Waals surface area contributed by atoms with Crippen molar-refractivity contribution in [2.45, 2.75) is 25.6 Å². The van der Waals surface area contributed by atoms with E-state index in [-0.39, 0.29) is 5.41 Å². The summed E-state index contributed by atoms with van der Waals surface area (Å²) in [6, 6.07) is 8.15. The summed E-state index contributed by atoms with van der Waals surface area (Å²) >= 11 is 0. The predicted octanol–water partition coefficient (Wildman–Crippen LogP) is 3.30. The molecule has 0 N–H and O–H groups in total. The number of anilines is 1. The molecule has 178 valence electrons. The molecule has 1 aromatic carbocycles. The van der Waals surface area contributed by atoms with Gasteiger partial charge in [-0.05, 0) is 37.1 Å². The van der Waals surface area contributed by atoms with Crippen LogP contribution in [0.3, 0.4) is 0 Å². The molecule has 3 aliphatic heterocycles. The van der Waals surface area contributed by atoms with Crippen LogP contribution >= 0.6 is 0 Å². The van der Waals surface area contributed by atoms with E-state index in [1.807, 2.05) is 0 Å². The molecule has 0 aliphatic carbocycles. The SMILES string of the molecule is O=C(N1CCC2(CCN(Cc3cccc(N4CCOCC4)c3)C2)C1)n1cc(C(F)(F)F)cn1. The molecule has 4 heterocycles. The Labute approximate surface area is 190 Å². The lowest BCUT2D eigenvalue weighted by Gasteiger charge is -2.29. The molecule has 1 amide bonds. The highest BCUT2D eigenvalue weighted by Crippen LogP contribution is 2.40. The van der Waals surface area contributed by atoms with Crippen LogP contribution in [0.2, 0.25) is 0 Å². The molecule has 3 saturated heterocycles. The van der Waals surface area contributed by atoms with Crippen LogP contribution in [-0.4, -0.2) is 78.1 Å². The van der Waals surface area contributed by atoms with Gasteiger partial charge < -0.3 is 14.5 Å². The van der Waals surface area contributed by atoms with E-state index in [4.69, 9.17) is 4.74 Å². The summed E-state index contributed by atoms with van der Waals surface area (Å²) in [7, 11) is 0. The molecule has 0 saturated carbocycles. The molecule has 5 rings (SSSR count). The number of alkyl halides is 3. The minimum atomic E-state index is -4.50. The van der Waals surface area contributed by atoms with Gasteiger partial charge in [-0.2, -0.15) is 23.0 Å². The molecular formula is C23H28F3N5O2. The lowest BCUT2D eigenvalue weighted by Crippen LogP contribution is -2.36. The van der Waals surface area contributed by atoms with Gasteiger partial charge in [0.15, 0.2) is 0 Å². The maximum absolute atomic E-state index is 12.8. The number of likely N-dealkylation sites (tertiary alicyclic amines) is 2. The lowest BCUT2D eigenvalue weighted by molar-refractivity contribution is -0.137. The Balaban J connectivity index is 1.19. The van der Waals surface area contributed by atoms with Gasteiger partial charge in [-0.3, -0.25) is 4.90 Å². The van der Waals surface area contributed by atoms with Crippen molar-refractivity contribution < 1.29 is 22.7 Å². The number of hydrogen-bond acceptors (Lipinski definition) is 5. The van der Waals surface area contributed by atoms with Crippen molar-refractivity contribution in [3.8, 4) is 0 Å². The molecule has 33 heavy (non-hydrogen) atoms. The lowest BCUT2D eigenvalue weighted by atomic mass is 9.86. The number of benzene rings is 1. The van der Waals surface area contributed by atoms with Crippen molar-refractivity contribution in [1.82, 2.24) is 19.6 Å². The van der Waals surface area contributed by atoms with E-state index < -0.39 is 17.8 Å². The highest BCUT2D eigenvalue weighted by atomic mass is 19.4. The van der Waals surface area contributed by atoms with Crippen molar-refractivity contribution in [1.29, 1.82) is 0 Å². The van der Waals surface area contributed by atoms with E-state index in [0.29, 0.717) is 19.3 Å². The second-order valence-electron chi connectivity index (χ2n) is 9.36. The smallest absolute Gasteiger partial charge is 0.378 e. The number of hydrogen-bond donors (Lipinski definition) is 0. The van der Waals surface area contributed by atoms with Crippen LogP contribution in [0.5, 0.6) is 0 Å². The average molecular weight is 464 g/mol. The zero-order valence-electron chi connectivity index (χ0n) is 18.4. The quantitative estimate of drug-likeness (QED) is 0.699. The Bertz CT molecular complexity index is 1000. The summed E-state index contributed by atoms with van der Waals surface area (Å²) in [5.41, 5.74) is 1.58. The summed E-state index contributed by atoms with van der Waals surface area (Å²) in [6.45, 7) is 7.09. The van der Waals surface area contributed by atoms with Crippen LogP contribution in [0.25, 0.3) is 0 Å². The van der Waals surface area contributed by atoms with Gasteiger partial charge in [-0.25, -0.2) is 4.79 Å². The molecule has 1 atom stereocenters. The molecule has 3 fully saturated rings. The van der Waals surface area contributed by atoms with Gasteiger partial charge in [0.2, 0.25) is 0 Å².